The number of aryl methyl sites for hydroxylation is 1. The SMILES string of the molecule is Cn1nnc(C(=O)O)c1-c1ccc(Cl)c(Cl)c1. The third-order valence-electron chi connectivity index (χ3n) is 2.22. The Morgan fingerprint density at radius 2 is 2.06 bits per heavy atom. The molecule has 2 rings (SSSR count). The molecule has 88 valence electrons. The van der Waals surface area contributed by atoms with Gasteiger partial charge < -0.3 is 5.11 Å². The average molecular weight is 272 g/mol. The summed E-state index contributed by atoms with van der Waals surface area (Å²) in [4.78, 5) is 11.0. The van der Waals surface area contributed by atoms with Crippen LogP contribution >= 0.6 is 23.2 Å². The molecule has 2 aromatic rings. The number of benzene rings is 1. The van der Waals surface area contributed by atoms with Gasteiger partial charge in [0.15, 0.2) is 5.69 Å². The van der Waals surface area contributed by atoms with Crippen LogP contribution in [0.25, 0.3) is 11.3 Å². The zero-order valence-electron chi connectivity index (χ0n) is 8.69. The fraction of sp³-hybridized carbons (Fsp3) is 0.100. The number of carboxylic acids is 1. The van der Waals surface area contributed by atoms with Crippen molar-refractivity contribution in [2.45, 2.75) is 0 Å². The molecule has 0 fully saturated rings. The smallest absolute Gasteiger partial charge is 0.358 e. The van der Waals surface area contributed by atoms with Gasteiger partial charge in [-0.1, -0.05) is 34.5 Å². The largest absolute Gasteiger partial charge is 0.476 e. The summed E-state index contributed by atoms with van der Waals surface area (Å²) < 4.78 is 1.38. The molecule has 7 heteroatoms. The Bertz CT molecular complexity index is 595. The van der Waals surface area contributed by atoms with E-state index in [1.165, 1.54) is 4.68 Å². The molecule has 0 spiro atoms. The van der Waals surface area contributed by atoms with Gasteiger partial charge in [0.2, 0.25) is 0 Å². The lowest BCUT2D eigenvalue weighted by molar-refractivity contribution is 0.0691. The van der Waals surface area contributed by atoms with Crippen LogP contribution in [0.2, 0.25) is 10.0 Å². The summed E-state index contributed by atoms with van der Waals surface area (Å²) >= 11 is 11.7. The second-order valence-corrected chi connectivity index (χ2v) is 4.16. The van der Waals surface area contributed by atoms with Crippen LogP contribution in [0.3, 0.4) is 0 Å². The molecule has 0 aliphatic carbocycles. The Morgan fingerprint density at radius 1 is 1.35 bits per heavy atom. The highest BCUT2D eigenvalue weighted by molar-refractivity contribution is 6.42. The Hall–Kier alpha value is -1.59. The average Bonchev–Trinajstić information content (AvgIpc) is 2.64. The van der Waals surface area contributed by atoms with Crippen molar-refractivity contribution in [3.8, 4) is 11.3 Å². The molecule has 1 aromatic heterocycles. The van der Waals surface area contributed by atoms with Gasteiger partial charge in [-0.15, -0.1) is 5.10 Å². The maximum absolute atomic E-state index is 11.0. The number of hydrogen-bond acceptors (Lipinski definition) is 3. The Labute approximate surface area is 107 Å². The van der Waals surface area contributed by atoms with E-state index in [1.807, 2.05) is 0 Å². The lowest BCUT2D eigenvalue weighted by atomic mass is 10.1. The molecule has 5 nitrogen and oxygen atoms in total. The predicted molar refractivity (Wildman–Crippen MR) is 63.4 cm³/mol. The van der Waals surface area contributed by atoms with Gasteiger partial charge in [-0.3, -0.25) is 0 Å². The molecule has 17 heavy (non-hydrogen) atoms. The summed E-state index contributed by atoms with van der Waals surface area (Å²) in [5, 5.41) is 17.0. The molecule has 0 unspecified atom stereocenters. The molecular formula is C10H7Cl2N3O2. The minimum absolute atomic E-state index is 0.120. The van der Waals surface area contributed by atoms with Crippen LogP contribution in [0.1, 0.15) is 10.5 Å². The second kappa shape index (κ2) is 4.35. The minimum atomic E-state index is -1.14. The quantitative estimate of drug-likeness (QED) is 0.911. The van der Waals surface area contributed by atoms with Crippen LogP contribution in [-0.4, -0.2) is 26.1 Å². The van der Waals surface area contributed by atoms with Crippen LogP contribution in [0.5, 0.6) is 0 Å². The van der Waals surface area contributed by atoms with Gasteiger partial charge >= 0.3 is 5.97 Å². The van der Waals surface area contributed by atoms with Gasteiger partial charge in [0.25, 0.3) is 0 Å². The first-order chi connectivity index (χ1) is 8.00. The Kier molecular flexibility index (Phi) is 3.04. The number of hydrogen-bond donors (Lipinski definition) is 1. The predicted octanol–water partition coefficient (Wildman–Crippen LogP) is 2.49. The summed E-state index contributed by atoms with van der Waals surface area (Å²) in [5.74, 6) is -1.14. The summed E-state index contributed by atoms with van der Waals surface area (Å²) in [6.45, 7) is 0. The van der Waals surface area contributed by atoms with E-state index in [9.17, 15) is 4.79 Å². The molecule has 0 aliphatic heterocycles. The van der Waals surface area contributed by atoms with Gasteiger partial charge in [0.1, 0.15) is 5.69 Å². The van der Waals surface area contributed by atoms with Crippen molar-refractivity contribution in [2.75, 3.05) is 0 Å². The molecule has 1 N–H and O–H groups in total. The van der Waals surface area contributed by atoms with Gasteiger partial charge in [0, 0.05) is 12.6 Å². The van der Waals surface area contributed by atoms with Crippen molar-refractivity contribution in [3.63, 3.8) is 0 Å². The van der Waals surface area contributed by atoms with E-state index >= 15 is 0 Å². The number of aromatic carboxylic acids is 1. The van der Waals surface area contributed by atoms with Crippen LogP contribution in [0.15, 0.2) is 18.2 Å². The number of carbonyl (C=O) groups is 1. The number of aromatic nitrogens is 3. The van der Waals surface area contributed by atoms with Crippen LogP contribution < -0.4 is 0 Å². The first kappa shape index (κ1) is 11.9. The third kappa shape index (κ3) is 2.11. The van der Waals surface area contributed by atoms with E-state index in [1.54, 1.807) is 25.2 Å². The van der Waals surface area contributed by atoms with Crippen LogP contribution in [-0.2, 0) is 7.05 Å². The van der Waals surface area contributed by atoms with Gasteiger partial charge in [-0.2, -0.15) is 0 Å². The van der Waals surface area contributed by atoms with Crippen molar-refractivity contribution >= 4 is 29.2 Å². The lowest BCUT2D eigenvalue weighted by Gasteiger charge is -2.04. The Morgan fingerprint density at radius 3 is 2.65 bits per heavy atom. The highest BCUT2D eigenvalue weighted by atomic mass is 35.5. The molecule has 0 radical (unpaired) electrons. The highest BCUT2D eigenvalue weighted by Crippen LogP contribution is 2.29. The van der Waals surface area contributed by atoms with E-state index in [0.29, 0.717) is 21.3 Å². The first-order valence-electron chi connectivity index (χ1n) is 4.59. The molecule has 0 saturated carbocycles. The number of carboxylic acid groups (broad SMARTS) is 1. The number of nitrogens with zero attached hydrogens (tertiary/aromatic N) is 3. The summed E-state index contributed by atoms with van der Waals surface area (Å²) in [6.07, 6.45) is 0. The second-order valence-electron chi connectivity index (χ2n) is 3.34. The van der Waals surface area contributed by atoms with Crippen molar-refractivity contribution in [3.05, 3.63) is 33.9 Å². The summed E-state index contributed by atoms with van der Waals surface area (Å²) in [6, 6.07) is 4.84. The van der Waals surface area contributed by atoms with Gasteiger partial charge in [0.05, 0.1) is 10.0 Å². The molecule has 0 aliphatic rings. The van der Waals surface area contributed by atoms with E-state index in [0.717, 1.165) is 0 Å². The van der Waals surface area contributed by atoms with Crippen molar-refractivity contribution in [1.29, 1.82) is 0 Å². The van der Waals surface area contributed by atoms with Crippen molar-refractivity contribution in [1.82, 2.24) is 15.0 Å². The molecule has 0 atom stereocenters. The van der Waals surface area contributed by atoms with Crippen molar-refractivity contribution in [2.24, 2.45) is 7.05 Å². The van der Waals surface area contributed by atoms with Crippen molar-refractivity contribution < 1.29 is 9.90 Å². The first-order valence-corrected chi connectivity index (χ1v) is 5.34. The van der Waals surface area contributed by atoms with E-state index < -0.39 is 5.97 Å². The normalized spacial score (nSPS) is 10.5. The van der Waals surface area contributed by atoms with Crippen LogP contribution in [0.4, 0.5) is 0 Å². The van der Waals surface area contributed by atoms with E-state index in [-0.39, 0.29) is 5.69 Å². The maximum atomic E-state index is 11.0. The molecule has 0 bridgehead atoms. The number of halogens is 2. The zero-order chi connectivity index (χ0) is 12.6. The lowest BCUT2D eigenvalue weighted by Crippen LogP contribution is -2.01. The fourth-order valence-electron chi connectivity index (χ4n) is 1.47. The monoisotopic (exact) mass is 271 g/mol. The molecule has 1 aromatic carbocycles. The molecule has 1 heterocycles. The van der Waals surface area contributed by atoms with E-state index in [4.69, 9.17) is 28.3 Å². The summed E-state index contributed by atoms with van der Waals surface area (Å²) in [7, 11) is 1.61. The number of rotatable bonds is 2. The molecular weight excluding hydrogens is 265 g/mol. The summed E-state index contributed by atoms with van der Waals surface area (Å²) in [5.41, 5.74) is 0.867. The molecule has 0 amide bonds. The topological polar surface area (TPSA) is 68.0 Å². The minimum Gasteiger partial charge on any atom is -0.476 e. The standard InChI is InChI=1S/C10H7Cl2N3O2/c1-15-9(8(10(16)17)13-14-15)5-2-3-6(11)7(12)4-5/h2-4H,1H3,(H,16,17). The molecule has 0 saturated heterocycles. The zero-order valence-corrected chi connectivity index (χ0v) is 10.2. The van der Waals surface area contributed by atoms with Gasteiger partial charge in [-0.05, 0) is 12.1 Å². The van der Waals surface area contributed by atoms with Gasteiger partial charge in [-0.25, -0.2) is 9.48 Å². The maximum Gasteiger partial charge on any atom is 0.358 e. The Balaban J connectivity index is 2.63. The third-order valence-corrected chi connectivity index (χ3v) is 2.96. The fourth-order valence-corrected chi connectivity index (χ4v) is 1.77. The van der Waals surface area contributed by atoms with E-state index in [2.05, 4.69) is 10.3 Å². The van der Waals surface area contributed by atoms with Crippen LogP contribution in [0, 0.1) is 0 Å². The highest BCUT2D eigenvalue weighted by Gasteiger charge is 2.19.